The molecule has 0 aromatic heterocycles. The van der Waals surface area contributed by atoms with Crippen molar-refractivity contribution >= 4 is 28.9 Å². The average Bonchev–Trinajstić information content (AvgIpc) is 2.86. The first-order valence-electron chi connectivity index (χ1n) is 6.12. The topological polar surface area (TPSA) is 50.4 Å². The van der Waals surface area contributed by atoms with E-state index in [1.54, 1.807) is 12.1 Å². The van der Waals surface area contributed by atoms with Crippen molar-refractivity contribution < 1.29 is 9.53 Å². The molecule has 1 atom stereocenters. The van der Waals surface area contributed by atoms with Crippen LogP contribution in [0.5, 0.6) is 0 Å². The maximum Gasteiger partial charge on any atom is 0.224 e. The lowest BCUT2D eigenvalue weighted by atomic mass is 10.2. The molecule has 1 aliphatic heterocycles. The van der Waals surface area contributed by atoms with Gasteiger partial charge in [-0.2, -0.15) is 0 Å². The molecule has 1 fully saturated rings. The number of amides is 1. The van der Waals surface area contributed by atoms with E-state index in [0.29, 0.717) is 24.1 Å². The molecule has 1 amide bonds. The number of nitrogens with one attached hydrogen (secondary N) is 2. The molecule has 1 unspecified atom stereocenters. The smallest absolute Gasteiger partial charge is 0.224 e. The largest absolute Gasteiger partial charge is 0.379 e. The standard InChI is InChI=1S/C13H17ClN2O2/c1-2-13(17)16-9-3-4-11(14)12(7-9)15-10-5-6-18-8-10/h3-4,7,10,15H,2,5-6,8H2,1H3,(H,16,17). The number of hydrogen-bond acceptors (Lipinski definition) is 3. The Labute approximate surface area is 112 Å². The summed E-state index contributed by atoms with van der Waals surface area (Å²) in [5.74, 6) is -0.00697. The minimum absolute atomic E-state index is 0.00697. The van der Waals surface area contributed by atoms with Gasteiger partial charge in [-0.1, -0.05) is 18.5 Å². The molecule has 0 bridgehead atoms. The molecule has 0 aliphatic carbocycles. The Morgan fingerprint density at radius 1 is 1.56 bits per heavy atom. The first-order chi connectivity index (χ1) is 8.69. The second kappa shape index (κ2) is 6.07. The summed E-state index contributed by atoms with van der Waals surface area (Å²) in [5, 5.41) is 6.80. The van der Waals surface area contributed by atoms with E-state index in [0.717, 1.165) is 24.4 Å². The predicted octanol–water partition coefficient (Wildman–Crippen LogP) is 2.89. The lowest BCUT2D eigenvalue weighted by Gasteiger charge is -2.15. The Kier molecular flexibility index (Phi) is 4.44. The Balaban J connectivity index is 2.08. The van der Waals surface area contributed by atoms with Gasteiger partial charge in [-0.05, 0) is 24.6 Å². The molecular formula is C13H17ClN2O2. The molecule has 0 radical (unpaired) electrons. The third-order valence-corrected chi connectivity index (χ3v) is 3.19. The van der Waals surface area contributed by atoms with Crippen LogP contribution in [0.3, 0.4) is 0 Å². The van der Waals surface area contributed by atoms with Gasteiger partial charge in [-0.15, -0.1) is 0 Å². The van der Waals surface area contributed by atoms with Gasteiger partial charge < -0.3 is 15.4 Å². The van der Waals surface area contributed by atoms with Gasteiger partial charge in [-0.25, -0.2) is 0 Å². The monoisotopic (exact) mass is 268 g/mol. The van der Waals surface area contributed by atoms with Crippen LogP contribution in [0.25, 0.3) is 0 Å². The van der Waals surface area contributed by atoms with E-state index in [9.17, 15) is 4.79 Å². The Bertz CT molecular complexity index is 431. The van der Waals surface area contributed by atoms with E-state index in [1.807, 2.05) is 13.0 Å². The number of halogens is 1. The summed E-state index contributed by atoms with van der Waals surface area (Å²) in [6.07, 6.45) is 1.43. The summed E-state index contributed by atoms with van der Waals surface area (Å²) in [6.45, 7) is 3.30. The van der Waals surface area contributed by atoms with Gasteiger partial charge in [0.05, 0.1) is 23.4 Å². The van der Waals surface area contributed by atoms with E-state index in [-0.39, 0.29) is 5.91 Å². The Hall–Kier alpha value is -1.26. The molecule has 1 aliphatic rings. The molecule has 1 saturated heterocycles. The molecular weight excluding hydrogens is 252 g/mol. The van der Waals surface area contributed by atoms with Crippen LogP contribution in [-0.2, 0) is 9.53 Å². The van der Waals surface area contributed by atoms with Gasteiger partial charge in [0, 0.05) is 18.7 Å². The summed E-state index contributed by atoms with van der Waals surface area (Å²) < 4.78 is 5.31. The summed E-state index contributed by atoms with van der Waals surface area (Å²) in [7, 11) is 0. The number of anilines is 2. The van der Waals surface area contributed by atoms with Crippen molar-refractivity contribution in [2.45, 2.75) is 25.8 Å². The molecule has 1 aromatic carbocycles. The highest BCUT2D eigenvalue weighted by atomic mass is 35.5. The van der Waals surface area contributed by atoms with Gasteiger partial charge in [0.2, 0.25) is 5.91 Å². The van der Waals surface area contributed by atoms with Crippen LogP contribution in [0.4, 0.5) is 11.4 Å². The number of carbonyl (C=O) groups excluding carboxylic acids is 1. The third kappa shape index (κ3) is 3.37. The van der Waals surface area contributed by atoms with Gasteiger partial charge in [0.25, 0.3) is 0 Å². The van der Waals surface area contributed by atoms with Crippen LogP contribution in [0.15, 0.2) is 18.2 Å². The number of benzene rings is 1. The van der Waals surface area contributed by atoms with Crippen molar-refractivity contribution in [1.82, 2.24) is 0 Å². The van der Waals surface area contributed by atoms with Crippen molar-refractivity contribution in [3.63, 3.8) is 0 Å². The minimum atomic E-state index is -0.00697. The fourth-order valence-electron chi connectivity index (χ4n) is 1.83. The Morgan fingerprint density at radius 2 is 2.39 bits per heavy atom. The van der Waals surface area contributed by atoms with E-state index >= 15 is 0 Å². The minimum Gasteiger partial charge on any atom is -0.379 e. The molecule has 98 valence electrons. The second-order valence-electron chi connectivity index (χ2n) is 4.30. The summed E-state index contributed by atoms with van der Waals surface area (Å²) in [4.78, 5) is 11.3. The highest BCUT2D eigenvalue weighted by molar-refractivity contribution is 6.33. The van der Waals surface area contributed by atoms with E-state index in [2.05, 4.69) is 10.6 Å². The molecule has 4 nitrogen and oxygen atoms in total. The van der Waals surface area contributed by atoms with Crippen LogP contribution >= 0.6 is 11.6 Å². The summed E-state index contributed by atoms with van der Waals surface area (Å²) in [5.41, 5.74) is 1.59. The van der Waals surface area contributed by atoms with Gasteiger partial charge >= 0.3 is 0 Å². The number of hydrogen-bond donors (Lipinski definition) is 2. The summed E-state index contributed by atoms with van der Waals surface area (Å²) in [6, 6.07) is 5.73. The van der Waals surface area contributed by atoms with E-state index < -0.39 is 0 Å². The van der Waals surface area contributed by atoms with Gasteiger partial charge in [-0.3, -0.25) is 4.79 Å². The van der Waals surface area contributed by atoms with Crippen LogP contribution in [-0.4, -0.2) is 25.2 Å². The van der Waals surface area contributed by atoms with Crippen molar-refractivity contribution in [1.29, 1.82) is 0 Å². The lowest BCUT2D eigenvalue weighted by molar-refractivity contribution is -0.115. The lowest BCUT2D eigenvalue weighted by Crippen LogP contribution is -2.19. The van der Waals surface area contributed by atoms with Gasteiger partial charge in [0.15, 0.2) is 0 Å². The van der Waals surface area contributed by atoms with Crippen molar-refractivity contribution in [3.8, 4) is 0 Å². The molecule has 1 aromatic rings. The van der Waals surface area contributed by atoms with Crippen LogP contribution in [0.1, 0.15) is 19.8 Å². The van der Waals surface area contributed by atoms with Crippen molar-refractivity contribution in [3.05, 3.63) is 23.2 Å². The normalized spacial score (nSPS) is 18.7. The molecule has 2 rings (SSSR count). The summed E-state index contributed by atoms with van der Waals surface area (Å²) >= 11 is 6.13. The highest BCUT2D eigenvalue weighted by Gasteiger charge is 2.16. The Morgan fingerprint density at radius 3 is 3.06 bits per heavy atom. The molecule has 18 heavy (non-hydrogen) atoms. The van der Waals surface area contributed by atoms with Crippen molar-refractivity contribution in [2.24, 2.45) is 0 Å². The average molecular weight is 269 g/mol. The fourth-order valence-corrected chi connectivity index (χ4v) is 2.00. The maximum atomic E-state index is 11.3. The zero-order valence-corrected chi connectivity index (χ0v) is 11.1. The molecule has 1 heterocycles. The van der Waals surface area contributed by atoms with Gasteiger partial charge in [0.1, 0.15) is 0 Å². The third-order valence-electron chi connectivity index (χ3n) is 2.86. The van der Waals surface area contributed by atoms with Crippen molar-refractivity contribution in [2.75, 3.05) is 23.8 Å². The molecule has 0 spiro atoms. The molecule has 2 N–H and O–H groups in total. The van der Waals surface area contributed by atoms with E-state index in [4.69, 9.17) is 16.3 Å². The SMILES string of the molecule is CCC(=O)Nc1ccc(Cl)c(NC2CCOC2)c1. The van der Waals surface area contributed by atoms with E-state index in [1.165, 1.54) is 0 Å². The number of rotatable bonds is 4. The zero-order valence-electron chi connectivity index (χ0n) is 10.3. The first kappa shape index (κ1) is 13.2. The van der Waals surface area contributed by atoms with Crippen LogP contribution in [0, 0.1) is 0 Å². The maximum absolute atomic E-state index is 11.3. The second-order valence-corrected chi connectivity index (χ2v) is 4.71. The quantitative estimate of drug-likeness (QED) is 0.883. The first-order valence-corrected chi connectivity index (χ1v) is 6.50. The zero-order chi connectivity index (χ0) is 13.0. The molecule has 0 saturated carbocycles. The highest BCUT2D eigenvalue weighted by Crippen LogP contribution is 2.27. The fraction of sp³-hybridized carbons (Fsp3) is 0.462. The van der Waals surface area contributed by atoms with Crippen LogP contribution < -0.4 is 10.6 Å². The number of carbonyl (C=O) groups is 1. The predicted molar refractivity (Wildman–Crippen MR) is 73.2 cm³/mol. The number of ether oxygens (including phenoxy) is 1. The van der Waals surface area contributed by atoms with Crippen LogP contribution in [0.2, 0.25) is 5.02 Å². The molecule has 5 heteroatoms.